The number of nitrogens with one attached hydrogen (secondary N) is 1. The van der Waals surface area contributed by atoms with Gasteiger partial charge in [0.15, 0.2) is 6.04 Å². The monoisotopic (exact) mass is 299 g/mol. The fraction of sp³-hybridized carbons (Fsp3) is 0.500. The molecule has 0 bridgehead atoms. The SMILES string of the molecule is Cn1nccc1C(NS(=O)(=O)N1CC(C#N)C1)C(=O)O. The van der Waals surface area contributed by atoms with Gasteiger partial charge in [0.2, 0.25) is 0 Å². The number of nitriles is 1. The Hall–Kier alpha value is -1.96. The Morgan fingerprint density at radius 3 is 2.75 bits per heavy atom. The van der Waals surface area contributed by atoms with Gasteiger partial charge in [0.1, 0.15) is 0 Å². The third kappa shape index (κ3) is 2.64. The summed E-state index contributed by atoms with van der Waals surface area (Å²) in [6.07, 6.45) is 1.38. The second-order valence-electron chi connectivity index (χ2n) is 4.42. The van der Waals surface area contributed by atoms with Crippen LogP contribution in [0.2, 0.25) is 0 Å². The van der Waals surface area contributed by atoms with Crippen molar-refractivity contribution in [1.29, 1.82) is 5.26 Å². The number of carboxylic acid groups (broad SMARTS) is 1. The van der Waals surface area contributed by atoms with Gasteiger partial charge in [0.25, 0.3) is 10.2 Å². The molecule has 0 aromatic carbocycles. The van der Waals surface area contributed by atoms with Gasteiger partial charge in [-0.05, 0) is 6.07 Å². The van der Waals surface area contributed by atoms with Crippen LogP contribution in [-0.4, -0.2) is 46.7 Å². The van der Waals surface area contributed by atoms with Gasteiger partial charge in [-0.15, -0.1) is 0 Å². The van der Waals surface area contributed by atoms with Crippen molar-refractivity contribution in [3.63, 3.8) is 0 Å². The molecule has 1 unspecified atom stereocenters. The molecule has 0 spiro atoms. The first-order valence-electron chi connectivity index (χ1n) is 5.73. The van der Waals surface area contributed by atoms with Crippen molar-refractivity contribution in [2.45, 2.75) is 6.04 Å². The lowest BCUT2D eigenvalue weighted by molar-refractivity contribution is -0.139. The Bertz CT molecular complexity index is 655. The molecule has 1 aliphatic rings. The van der Waals surface area contributed by atoms with E-state index in [1.807, 2.05) is 6.07 Å². The van der Waals surface area contributed by atoms with E-state index in [4.69, 9.17) is 10.4 Å². The molecule has 10 heteroatoms. The summed E-state index contributed by atoms with van der Waals surface area (Å²) < 4.78 is 28.4. The number of aromatic nitrogens is 2. The molecule has 1 aromatic rings. The Morgan fingerprint density at radius 2 is 2.30 bits per heavy atom. The summed E-state index contributed by atoms with van der Waals surface area (Å²) in [5.41, 5.74) is 0.221. The molecule has 1 atom stereocenters. The molecular weight excluding hydrogens is 286 g/mol. The molecule has 2 rings (SSSR count). The lowest BCUT2D eigenvalue weighted by Crippen LogP contribution is -2.54. The first-order chi connectivity index (χ1) is 9.35. The molecule has 2 N–H and O–H groups in total. The van der Waals surface area contributed by atoms with Crippen LogP contribution in [0.4, 0.5) is 0 Å². The third-order valence-corrected chi connectivity index (χ3v) is 4.55. The lowest BCUT2D eigenvalue weighted by Gasteiger charge is -2.34. The number of aliphatic carboxylic acids is 1. The molecule has 9 nitrogen and oxygen atoms in total. The predicted octanol–water partition coefficient (Wildman–Crippen LogP) is -1.16. The first-order valence-corrected chi connectivity index (χ1v) is 7.17. The lowest BCUT2D eigenvalue weighted by atomic mass is 10.1. The number of rotatable bonds is 5. The predicted molar refractivity (Wildman–Crippen MR) is 66.3 cm³/mol. The van der Waals surface area contributed by atoms with Gasteiger partial charge in [-0.1, -0.05) is 0 Å². The molecule has 1 fully saturated rings. The van der Waals surface area contributed by atoms with Crippen LogP contribution in [0, 0.1) is 17.2 Å². The van der Waals surface area contributed by atoms with Crippen molar-refractivity contribution in [3.05, 3.63) is 18.0 Å². The third-order valence-electron chi connectivity index (χ3n) is 3.04. The van der Waals surface area contributed by atoms with Crippen LogP contribution in [0.15, 0.2) is 12.3 Å². The van der Waals surface area contributed by atoms with Crippen molar-refractivity contribution in [1.82, 2.24) is 18.8 Å². The zero-order valence-electron chi connectivity index (χ0n) is 10.6. The minimum atomic E-state index is -3.94. The van der Waals surface area contributed by atoms with Crippen LogP contribution in [-0.2, 0) is 22.1 Å². The van der Waals surface area contributed by atoms with Crippen molar-refractivity contribution in [2.24, 2.45) is 13.0 Å². The topological polar surface area (TPSA) is 128 Å². The van der Waals surface area contributed by atoms with Crippen molar-refractivity contribution in [2.75, 3.05) is 13.1 Å². The van der Waals surface area contributed by atoms with E-state index in [0.29, 0.717) is 0 Å². The maximum Gasteiger partial charge on any atom is 0.327 e. The van der Waals surface area contributed by atoms with Crippen LogP contribution in [0.25, 0.3) is 0 Å². The standard InChI is InChI=1S/C10H13N5O4S/c1-14-8(2-3-12-14)9(10(16)17)13-20(18,19)15-5-7(4-11)6-15/h2-3,7,9,13H,5-6H2,1H3,(H,16,17). The molecule has 108 valence electrons. The largest absolute Gasteiger partial charge is 0.480 e. The van der Waals surface area contributed by atoms with E-state index < -0.39 is 22.2 Å². The zero-order chi connectivity index (χ0) is 14.9. The van der Waals surface area contributed by atoms with E-state index >= 15 is 0 Å². The molecule has 0 aliphatic carbocycles. The molecule has 2 heterocycles. The maximum absolute atomic E-state index is 12.0. The molecule has 1 saturated heterocycles. The Kier molecular flexibility index (Phi) is 3.76. The van der Waals surface area contributed by atoms with Gasteiger partial charge in [-0.2, -0.15) is 27.8 Å². The van der Waals surface area contributed by atoms with Gasteiger partial charge in [0, 0.05) is 26.3 Å². The van der Waals surface area contributed by atoms with Crippen molar-refractivity contribution >= 4 is 16.2 Å². The Balaban J connectivity index is 2.16. The summed E-state index contributed by atoms with van der Waals surface area (Å²) in [6, 6.07) is 1.96. The van der Waals surface area contributed by atoms with Crippen molar-refractivity contribution in [3.8, 4) is 6.07 Å². The minimum Gasteiger partial charge on any atom is -0.480 e. The minimum absolute atomic E-state index is 0.0730. The number of nitrogens with zero attached hydrogens (tertiary/aromatic N) is 4. The van der Waals surface area contributed by atoms with Gasteiger partial charge in [-0.25, -0.2) is 0 Å². The number of aryl methyl sites for hydroxylation is 1. The van der Waals surface area contributed by atoms with E-state index in [1.54, 1.807) is 0 Å². The molecule has 20 heavy (non-hydrogen) atoms. The van der Waals surface area contributed by atoms with E-state index in [9.17, 15) is 13.2 Å². The quantitative estimate of drug-likeness (QED) is 0.705. The first kappa shape index (κ1) is 14.4. The maximum atomic E-state index is 12.0. The van der Waals surface area contributed by atoms with Gasteiger partial charge >= 0.3 is 5.97 Å². The van der Waals surface area contributed by atoms with E-state index in [-0.39, 0.29) is 24.7 Å². The molecule has 0 radical (unpaired) electrons. The number of carbonyl (C=O) groups is 1. The number of hydrogen-bond donors (Lipinski definition) is 2. The number of hydrogen-bond acceptors (Lipinski definition) is 5. The second kappa shape index (κ2) is 5.20. The normalized spacial score (nSPS) is 18.2. The molecule has 0 saturated carbocycles. The van der Waals surface area contributed by atoms with E-state index in [2.05, 4.69) is 9.82 Å². The highest BCUT2D eigenvalue weighted by atomic mass is 32.2. The summed E-state index contributed by atoms with van der Waals surface area (Å²) in [6.45, 7) is 0.146. The highest BCUT2D eigenvalue weighted by Crippen LogP contribution is 2.20. The van der Waals surface area contributed by atoms with Crippen LogP contribution in [0.3, 0.4) is 0 Å². The number of carboxylic acids is 1. The second-order valence-corrected chi connectivity index (χ2v) is 6.12. The summed E-state index contributed by atoms with van der Waals surface area (Å²) >= 11 is 0. The summed E-state index contributed by atoms with van der Waals surface area (Å²) in [4.78, 5) is 11.2. The zero-order valence-corrected chi connectivity index (χ0v) is 11.4. The fourth-order valence-corrected chi connectivity index (χ4v) is 3.26. The molecular formula is C10H13N5O4S. The van der Waals surface area contributed by atoms with Crippen LogP contribution in [0.1, 0.15) is 11.7 Å². The highest BCUT2D eigenvalue weighted by Gasteiger charge is 2.39. The van der Waals surface area contributed by atoms with E-state index in [1.165, 1.54) is 24.0 Å². The average Bonchev–Trinajstić information content (AvgIpc) is 2.70. The van der Waals surface area contributed by atoms with Crippen molar-refractivity contribution < 1.29 is 18.3 Å². The van der Waals surface area contributed by atoms with Gasteiger partial charge < -0.3 is 5.11 Å². The molecule has 0 amide bonds. The fourth-order valence-electron chi connectivity index (χ4n) is 1.84. The Morgan fingerprint density at radius 1 is 1.65 bits per heavy atom. The van der Waals surface area contributed by atoms with Gasteiger partial charge in [0.05, 0.1) is 17.7 Å². The smallest absolute Gasteiger partial charge is 0.327 e. The highest BCUT2D eigenvalue weighted by molar-refractivity contribution is 7.87. The van der Waals surface area contributed by atoms with Crippen LogP contribution in [0.5, 0.6) is 0 Å². The summed E-state index contributed by atoms with van der Waals surface area (Å²) in [5.74, 6) is -1.67. The molecule has 1 aliphatic heterocycles. The molecule has 1 aromatic heterocycles. The van der Waals surface area contributed by atoms with Crippen LogP contribution < -0.4 is 4.72 Å². The summed E-state index contributed by atoms with van der Waals surface area (Å²) in [7, 11) is -2.42. The van der Waals surface area contributed by atoms with E-state index in [0.717, 1.165) is 4.31 Å². The summed E-state index contributed by atoms with van der Waals surface area (Å²) in [5, 5.41) is 21.6. The van der Waals surface area contributed by atoms with Crippen LogP contribution >= 0.6 is 0 Å². The Labute approximate surface area is 115 Å². The van der Waals surface area contributed by atoms with Gasteiger partial charge in [-0.3, -0.25) is 9.48 Å². The average molecular weight is 299 g/mol.